The zero-order valence-corrected chi connectivity index (χ0v) is 6.71. The molecule has 0 amide bonds. The van der Waals surface area contributed by atoms with E-state index < -0.39 is 0 Å². The highest BCUT2D eigenvalue weighted by Crippen LogP contribution is 2.28. The minimum Gasteiger partial charge on any atom is -0.486 e. The minimum absolute atomic E-state index is 0.532. The van der Waals surface area contributed by atoms with E-state index in [1.165, 1.54) is 11.3 Å². The minimum atomic E-state index is 0.532. The molecule has 0 saturated heterocycles. The molecule has 0 atom stereocenters. The molecule has 1 aromatic rings. The second kappa shape index (κ2) is 2.54. The Morgan fingerprint density at radius 3 is 2.56 bits per heavy atom. The molecule has 1 rings (SSSR count). The van der Waals surface area contributed by atoms with Gasteiger partial charge in [-0.1, -0.05) is 22.9 Å². The summed E-state index contributed by atoms with van der Waals surface area (Å²) in [6.07, 6.45) is 0. The third-order valence-electron chi connectivity index (χ3n) is 0.913. The molecule has 0 unspecified atom stereocenters. The van der Waals surface area contributed by atoms with E-state index >= 15 is 0 Å². The summed E-state index contributed by atoms with van der Waals surface area (Å²) in [5.74, 6) is 0. The molecule has 50 valence electrons. The molecule has 0 aliphatic rings. The summed E-state index contributed by atoms with van der Waals surface area (Å²) in [6, 6.07) is 0. The summed E-state index contributed by atoms with van der Waals surface area (Å²) in [7, 11) is 1.61. The largest absolute Gasteiger partial charge is 0.486 e. The second-order valence-electron chi connectivity index (χ2n) is 1.54. The number of ether oxygens (including phenoxy) is 1. The molecule has 1 heterocycles. The highest BCUT2D eigenvalue weighted by Gasteiger charge is 2.03. The summed E-state index contributed by atoms with van der Waals surface area (Å²) in [5.41, 5.74) is 0.854. The van der Waals surface area contributed by atoms with Gasteiger partial charge in [0.1, 0.15) is 0 Å². The summed E-state index contributed by atoms with van der Waals surface area (Å²) >= 11 is 6.92. The fourth-order valence-corrected chi connectivity index (χ4v) is 1.49. The molecular formula is C5H6ClNOS. The van der Waals surface area contributed by atoms with Crippen LogP contribution in [0.4, 0.5) is 0 Å². The maximum absolute atomic E-state index is 5.57. The topological polar surface area (TPSA) is 22.1 Å². The van der Waals surface area contributed by atoms with E-state index in [0.717, 1.165) is 10.8 Å². The molecule has 0 aromatic carbocycles. The number of hydrogen-bond donors (Lipinski definition) is 0. The van der Waals surface area contributed by atoms with Gasteiger partial charge in [0, 0.05) is 0 Å². The van der Waals surface area contributed by atoms with E-state index in [2.05, 4.69) is 4.98 Å². The number of rotatable bonds is 1. The fourth-order valence-electron chi connectivity index (χ4n) is 0.540. The SMILES string of the molecule is COc1sc(Cl)nc1C. The van der Waals surface area contributed by atoms with Crippen molar-refractivity contribution in [2.45, 2.75) is 6.92 Å². The molecule has 9 heavy (non-hydrogen) atoms. The Kier molecular flexibility index (Phi) is 1.93. The van der Waals surface area contributed by atoms with Crippen LogP contribution >= 0.6 is 22.9 Å². The van der Waals surface area contributed by atoms with Gasteiger partial charge in [0.15, 0.2) is 9.53 Å². The zero-order chi connectivity index (χ0) is 6.85. The van der Waals surface area contributed by atoms with Gasteiger partial charge in [-0.25, -0.2) is 4.98 Å². The lowest BCUT2D eigenvalue weighted by Gasteiger charge is -1.90. The first kappa shape index (κ1) is 6.83. The average Bonchev–Trinajstić information content (AvgIpc) is 2.10. The van der Waals surface area contributed by atoms with Gasteiger partial charge in [-0.05, 0) is 6.92 Å². The van der Waals surface area contributed by atoms with Gasteiger partial charge in [0.25, 0.3) is 0 Å². The Morgan fingerprint density at radius 1 is 1.67 bits per heavy atom. The first-order chi connectivity index (χ1) is 4.24. The quantitative estimate of drug-likeness (QED) is 0.633. The Hall–Kier alpha value is -0.280. The highest BCUT2D eigenvalue weighted by molar-refractivity contribution is 7.17. The van der Waals surface area contributed by atoms with E-state index in [0.29, 0.717) is 4.47 Å². The van der Waals surface area contributed by atoms with E-state index in [9.17, 15) is 0 Å². The highest BCUT2D eigenvalue weighted by atomic mass is 35.5. The molecule has 0 aliphatic heterocycles. The van der Waals surface area contributed by atoms with E-state index in [1.807, 2.05) is 6.92 Å². The third-order valence-corrected chi connectivity index (χ3v) is 2.14. The van der Waals surface area contributed by atoms with Crippen LogP contribution < -0.4 is 4.74 Å². The van der Waals surface area contributed by atoms with Crippen molar-refractivity contribution in [2.24, 2.45) is 0 Å². The number of methoxy groups -OCH3 is 1. The van der Waals surface area contributed by atoms with Crippen molar-refractivity contribution in [2.75, 3.05) is 7.11 Å². The van der Waals surface area contributed by atoms with Crippen LogP contribution in [-0.4, -0.2) is 12.1 Å². The molecule has 0 saturated carbocycles. The molecule has 1 aromatic heterocycles. The van der Waals surface area contributed by atoms with Gasteiger partial charge >= 0.3 is 0 Å². The molecule has 0 radical (unpaired) electrons. The van der Waals surface area contributed by atoms with Gasteiger partial charge in [-0.3, -0.25) is 0 Å². The molecule has 0 bridgehead atoms. The van der Waals surface area contributed by atoms with Crippen LogP contribution in [-0.2, 0) is 0 Å². The molecule has 0 N–H and O–H groups in total. The van der Waals surface area contributed by atoms with Crippen LogP contribution in [0.2, 0.25) is 4.47 Å². The van der Waals surface area contributed by atoms with Crippen molar-refractivity contribution >= 4 is 22.9 Å². The van der Waals surface area contributed by atoms with Crippen LogP contribution in [0.3, 0.4) is 0 Å². The van der Waals surface area contributed by atoms with Crippen molar-refractivity contribution in [1.82, 2.24) is 4.98 Å². The molecule has 4 heteroatoms. The molecule has 0 aliphatic carbocycles. The Balaban J connectivity index is 3.01. The van der Waals surface area contributed by atoms with Crippen molar-refractivity contribution in [3.63, 3.8) is 0 Å². The average molecular weight is 164 g/mol. The van der Waals surface area contributed by atoms with E-state index in [4.69, 9.17) is 16.3 Å². The summed E-state index contributed by atoms with van der Waals surface area (Å²) in [4.78, 5) is 3.94. The molecule has 0 spiro atoms. The van der Waals surface area contributed by atoms with Gasteiger partial charge < -0.3 is 4.74 Å². The number of thiazole rings is 1. The zero-order valence-electron chi connectivity index (χ0n) is 5.14. The first-order valence-corrected chi connectivity index (χ1v) is 3.60. The predicted octanol–water partition coefficient (Wildman–Crippen LogP) is 2.11. The monoisotopic (exact) mass is 163 g/mol. The van der Waals surface area contributed by atoms with Crippen LogP contribution in [0.1, 0.15) is 5.69 Å². The lowest BCUT2D eigenvalue weighted by molar-refractivity contribution is 0.423. The third kappa shape index (κ3) is 1.34. The van der Waals surface area contributed by atoms with Crippen molar-refractivity contribution < 1.29 is 4.74 Å². The Bertz CT molecular complexity index is 211. The van der Waals surface area contributed by atoms with Gasteiger partial charge in [-0.15, -0.1) is 0 Å². The van der Waals surface area contributed by atoms with Crippen LogP contribution in [0.25, 0.3) is 0 Å². The maximum atomic E-state index is 5.57. The lowest BCUT2D eigenvalue weighted by Crippen LogP contribution is -1.79. The second-order valence-corrected chi connectivity index (χ2v) is 3.09. The number of hydrogen-bond acceptors (Lipinski definition) is 3. The Morgan fingerprint density at radius 2 is 2.33 bits per heavy atom. The summed E-state index contributed by atoms with van der Waals surface area (Å²) in [5, 5.41) is 0.792. The van der Waals surface area contributed by atoms with Gasteiger partial charge in [-0.2, -0.15) is 0 Å². The number of halogens is 1. The predicted molar refractivity (Wildman–Crippen MR) is 38.4 cm³/mol. The number of aromatic nitrogens is 1. The lowest BCUT2D eigenvalue weighted by atomic mass is 10.6. The molecule has 2 nitrogen and oxygen atoms in total. The first-order valence-electron chi connectivity index (χ1n) is 2.41. The summed E-state index contributed by atoms with van der Waals surface area (Å²) < 4.78 is 5.47. The number of nitrogens with zero attached hydrogens (tertiary/aromatic N) is 1. The van der Waals surface area contributed by atoms with E-state index in [1.54, 1.807) is 7.11 Å². The van der Waals surface area contributed by atoms with Crippen LogP contribution in [0.15, 0.2) is 0 Å². The Labute approximate surface area is 62.4 Å². The van der Waals surface area contributed by atoms with Crippen molar-refractivity contribution in [3.05, 3.63) is 10.2 Å². The fraction of sp³-hybridized carbons (Fsp3) is 0.400. The molecule has 0 fully saturated rings. The van der Waals surface area contributed by atoms with Crippen LogP contribution in [0.5, 0.6) is 5.06 Å². The van der Waals surface area contributed by atoms with Crippen molar-refractivity contribution in [3.8, 4) is 5.06 Å². The van der Waals surface area contributed by atoms with E-state index in [-0.39, 0.29) is 0 Å². The normalized spacial score (nSPS) is 9.67. The van der Waals surface area contributed by atoms with Gasteiger partial charge in [0.2, 0.25) is 0 Å². The van der Waals surface area contributed by atoms with Crippen LogP contribution in [0, 0.1) is 6.92 Å². The standard InChI is InChI=1S/C5H6ClNOS/c1-3-4(8-2)9-5(6)7-3/h1-2H3. The smallest absolute Gasteiger partial charge is 0.198 e. The summed E-state index contributed by atoms with van der Waals surface area (Å²) in [6.45, 7) is 1.86. The van der Waals surface area contributed by atoms with Gasteiger partial charge in [0.05, 0.1) is 12.8 Å². The maximum Gasteiger partial charge on any atom is 0.198 e. The van der Waals surface area contributed by atoms with Crippen molar-refractivity contribution in [1.29, 1.82) is 0 Å². The number of aryl methyl sites for hydroxylation is 1. The molecular weight excluding hydrogens is 158 g/mol.